The molecule has 2 rings (SSSR count). The molecule has 1 aromatic rings. The van der Waals surface area contributed by atoms with Crippen molar-refractivity contribution in [3.8, 4) is 0 Å². The third kappa shape index (κ3) is 2.21. The lowest BCUT2D eigenvalue weighted by molar-refractivity contribution is -0.143. The lowest BCUT2D eigenvalue weighted by Gasteiger charge is -2.24. The second-order valence-electron chi connectivity index (χ2n) is 3.57. The normalized spacial score (nSPS) is 19.5. The Hall–Kier alpha value is -0.870. The summed E-state index contributed by atoms with van der Waals surface area (Å²) in [5, 5.41) is 3.16. The molecule has 0 fully saturated rings. The van der Waals surface area contributed by atoms with Gasteiger partial charge in [-0.1, -0.05) is 22.0 Å². The van der Waals surface area contributed by atoms with Crippen LogP contribution in [0, 0.1) is 0 Å². The quantitative estimate of drug-likeness (QED) is 0.788. The second kappa shape index (κ2) is 4.33. The first kappa shape index (κ1) is 10.6. The maximum Gasteiger partial charge on any atom is 0.323 e. The molecule has 3 nitrogen and oxygen atoms in total. The van der Waals surface area contributed by atoms with Gasteiger partial charge in [-0.15, -0.1) is 0 Å². The molecule has 0 spiro atoms. The Morgan fingerprint density at radius 1 is 1.53 bits per heavy atom. The first-order chi connectivity index (χ1) is 7.20. The van der Waals surface area contributed by atoms with E-state index in [1.165, 1.54) is 18.2 Å². The fourth-order valence-corrected chi connectivity index (χ4v) is 2.20. The predicted molar refractivity (Wildman–Crippen MR) is 60.5 cm³/mol. The van der Waals surface area contributed by atoms with Crippen LogP contribution in [-0.4, -0.2) is 19.1 Å². The van der Waals surface area contributed by atoms with Crippen LogP contribution >= 0.6 is 15.9 Å². The molecule has 0 amide bonds. The van der Waals surface area contributed by atoms with E-state index >= 15 is 0 Å². The van der Waals surface area contributed by atoms with E-state index in [0.717, 1.165) is 11.0 Å². The average Bonchev–Trinajstić information content (AvgIpc) is 2.27. The van der Waals surface area contributed by atoms with Gasteiger partial charge < -0.3 is 10.1 Å². The third-order valence-corrected chi connectivity index (χ3v) is 3.11. The average molecular weight is 270 g/mol. The van der Waals surface area contributed by atoms with Gasteiger partial charge in [0.15, 0.2) is 0 Å². The highest BCUT2D eigenvalue weighted by molar-refractivity contribution is 9.10. The molecule has 80 valence electrons. The summed E-state index contributed by atoms with van der Waals surface area (Å²) < 4.78 is 5.77. The van der Waals surface area contributed by atoms with Crippen LogP contribution in [0.2, 0.25) is 0 Å². The Morgan fingerprint density at radius 2 is 2.33 bits per heavy atom. The molecule has 1 heterocycles. The van der Waals surface area contributed by atoms with Crippen LogP contribution < -0.4 is 5.32 Å². The molecule has 0 aromatic heterocycles. The van der Waals surface area contributed by atoms with Gasteiger partial charge in [0.25, 0.3) is 0 Å². The minimum atomic E-state index is -0.211. The number of hydrogen-bond donors (Lipinski definition) is 1. The van der Waals surface area contributed by atoms with Crippen LogP contribution in [0.4, 0.5) is 0 Å². The van der Waals surface area contributed by atoms with Crippen molar-refractivity contribution in [3.63, 3.8) is 0 Å². The van der Waals surface area contributed by atoms with Crippen LogP contribution in [0.25, 0.3) is 0 Å². The zero-order valence-corrected chi connectivity index (χ0v) is 10.0. The van der Waals surface area contributed by atoms with E-state index in [4.69, 9.17) is 4.74 Å². The summed E-state index contributed by atoms with van der Waals surface area (Å²) in [6.45, 7) is 0.725. The summed E-state index contributed by atoms with van der Waals surface area (Å²) in [4.78, 5) is 11.4. The van der Waals surface area contributed by atoms with E-state index < -0.39 is 0 Å². The highest BCUT2D eigenvalue weighted by atomic mass is 79.9. The molecular weight excluding hydrogens is 258 g/mol. The predicted octanol–water partition coefficient (Wildman–Crippen LogP) is 1.64. The summed E-state index contributed by atoms with van der Waals surface area (Å²) >= 11 is 3.43. The number of carbonyl (C=O) groups excluding carboxylic acids is 1. The number of esters is 1. The molecule has 1 aliphatic heterocycles. The van der Waals surface area contributed by atoms with Crippen LogP contribution in [0.1, 0.15) is 11.1 Å². The number of carbonyl (C=O) groups is 1. The van der Waals surface area contributed by atoms with E-state index in [1.807, 2.05) is 6.07 Å². The van der Waals surface area contributed by atoms with Gasteiger partial charge in [0.1, 0.15) is 6.04 Å². The standard InChI is InChI=1S/C11H12BrNO2/c1-15-11(14)10-5-8-4-9(12)3-2-7(8)6-13-10/h2-4,10,13H,5-6H2,1H3/t10-/m1/s1. The summed E-state index contributed by atoms with van der Waals surface area (Å²) in [5.74, 6) is -0.194. The molecule has 1 aromatic carbocycles. The van der Waals surface area contributed by atoms with Crippen molar-refractivity contribution in [1.29, 1.82) is 0 Å². The van der Waals surface area contributed by atoms with E-state index in [2.05, 4.69) is 33.4 Å². The van der Waals surface area contributed by atoms with Gasteiger partial charge in [-0.2, -0.15) is 0 Å². The van der Waals surface area contributed by atoms with Gasteiger partial charge in [-0.3, -0.25) is 4.79 Å². The molecule has 0 bridgehead atoms. The van der Waals surface area contributed by atoms with E-state index in [-0.39, 0.29) is 12.0 Å². The van der Waals surface area contributed by atoms with Crippen LogP contribution in [0.15, 0.2) is 22.7 Å². The zero-order chi connectivity index (χ0) is 10.8. The number of methoxy groups -OCH3 is 1. The lowest BCUT2D eigenvalue weighted by atomic mass is 9.96. The highest BCUT2D eigenvalue weighted by Gasteiger charge is 2.24. The molecular formula is C11H12BrNO2. The van der Waals surface area contributed by atoms with Gasteiger partial charge in [0.2, 0.25) is 0 Å². The molecule has 0 saturated heterocycles. The Morgan fingerprint density at radius 3 is 3.07 bits per heavy atom. The fourth-order valence-electron chi connectivity index (χ4n) is 1.79. The van der Waals surface area contributed by atoms with Crippen LogP contribution in [0.3, 0.4) is 0 Å². The maximum absolute atomic E-state index is 11.4. The Balaban J connectivity index is 2.22. The van der Waals surface area contributed by atoms with Gasteiger partial charge in [0.05, 0.1) is 7.11 Å². The largest absolute Gasteiger partial charge is 0.468 e. The molecule has 0 unspecified atom stereocenters. The number of rotatable bonds is 1. The van der Waals surface area contributed by atoms with Crippen molar-refractivity contribution < 1.29 is 9.53 Å². The zero-order valence-electron chi connectivity index (χ0n) is 8.42. The number of nitrogens with one attached hydrogen (secondary N) is 1. The summed E-state index contributed by atoms with van der Waals surface area (Å²) in [7, 11) is 1.42. The van der Waals surface area contributed by atoms with Gasteiger partial charge in [-0.05, 0) is 29.7 Å². The fraction of sp³-hybridized carbons (Fsp3) is 0.364. The van der Waals surface area contributed by atoms with E-state index in [9.17, 15) is 4.79 Å². The Labute approximate surface area is 96.9 Å². The first-order valence-electron chi connectivity index (χ1n) is 4.79. The molecule has 0 radical (unpaired) electrons. The molecule has 0 saturated carbocycles. The number of hydrogen-bond acceptors (Lipinski definition) is 3. The Bertz CT molecular complexity index is 392. The van der Waals surface area contributed by atoms with E-state index in [0.29, 0.717) is 6.42 Å². The van der Waals surface area contributed by atoms with Crippen molar-refractivity contribution in [1.82, 2.24) is 5.32 Å². The molecule has 1 atom stereocenters. The van der Waals surface area contributed by atoms with Crippen molar-refractivity contribution in [3.05, 3.63) is 33.8 Å². The van der Waals surface area contributed by atoms with Crippen LogP contribution in [0.5, 0.6) is 0 Å². The lowest BCUT2D eigenvalue weighted by Crippen LogP contribution is -2.42. The number of halogens is 1. The monoisotopic (exact) mass is 269 g/mol. The van der Waals surface area contributed by atoms with Gasteiger partial charge >= 0.3 is 5.97 Å². The smallest absolute Gasteiger partial charge is 0.323 e. The molecule has 0 aliphatic carbocycles. The summed E-state index contributed by atoms with van der Waals surface area (Å²) in [6.07, 6.45) is 0.696. The minimum Gasteiger partial charge on any atom is -0.468 e. The first-order valence-corrected chi connectivity index (χ1v) is 5.58. The molecule has 15 heavy (non-hydrogen) atoms. The van der Waals surface area contributed by atoms with Crippen molar-refractivity contribution >= 4 is 21.9 Å². The van der Waals surface area contributed by atoms with E-state index in [1.54, 1.807) is 0 Å². The van der Waals surface area contributed by atoms with Gasteiger partial charge in [0, 0.05) is 11.0 Å². The van der Waals surface area contributed by atoms with Crippen LogP contribution in [-0.2, 0) is 22.5 Å². The van der Waals surface area contributed by atoms with Crippen molar-refractivity contribution in [2.75, 3.05) is 7.11 Å². The Kier molecular flexibility index (Phi) is 3.07. The van der Waals surface area contributed by atoms with Gasteiger partial charge in [-0.25, -0.2) is 0 Å². The maximum atomic E-state index is 11.4. The molecule has 1 N–H and O–H groups in total. The summed E-state index contributed by atoms with van der Waals surface area (Å²) in [5.41, 5.74) is 2.46. The summed E-state index contributed by atoms with van der Waals surface area (Å²) in [6, 6.07) is 5.93. The second-order valence-corrected chi connectivity index (χ2v) is 4.49. The number of ether oxygens (including phenoxy) is 1. The van der Waals surface area contributed by atoms with Crippen molar-refractivity contribution in [2.45, 2.75) is 19.0 Å². The number of benzene rings is 1. The molecule has 4 heteroatoms. The molecule has 1 aliphatic rings. The topological polar surface area (TPSA) is 38.3 Å². The SMILES string of the molecule is COC(=O)[C@H]1Cc2cc(Br)ccc2CN1. The highest BCUT2D eigenvalue weighted by Crippen LogP contribution is 2.21. The number of fused-ring (bicyclic) bond motifs is 1. The minimum absolute atomic E-state index is 0.194. The third-order valence-electron chi connectivity index (χ3n) is 2.62. The van der Waals surface area contributed by atoms with Crippen molar-refractivity contribution in [2.24, 2.45) is 0 Å².